The number of H-pyrrole nitrogens is 1. The molecule has 2 aromatic rings. The Bertz CT molecular complexity index is 712. The van der Waals surface area contributed by atoms with E-state index in [0.717, 1.165) is 0 Å². The van der Waals surface area contributed by atoms with Crippen molar-refractivity contribution in [1.29, 1.82) is 0 Å². The molecule has 0 aliphatic rings. The maximum atomic E-state index is 11.9. The number of carbonyl (C=O) groups excluding carboxylic acids is 1. The van der Waals surface area contributed by atoms with Crippen LogP contribution in [-0.4, -0.2) is 24.5 Å². The van der Waals surface area contributed by atoms with Gasteiger partial charge in [0.15, 0.2) is 5.03 Å². The number of amides is 1. The molecule has 4 N–H and O–H groups in total. The number of benzene rings is 1. The number of nitrogens with zero attached hydrogens (tertiary/aromatic N) is 1. The third-order valence-corrected chi connectivity index (χ3v) is 3.89. The molecule has 0 aliphatic heterocycles. The van der Waals surface area contributed by atoms with E-state index in [1.54, 1.807) is 0 Å². The van der Waals surface area contributed by atoms with E-state index >= 15 is 0 Å². The van der Waals surface area contributed by atoms with Crippen LogP contribution in [-0.2, 0) is 10.0 Å². The molecule has 1 amide bonds. The summed E-state index contributed by atoms with van der Waals surface area (Å²) in [5.41, 5.74) is 5.33. The minimum Gasteiger partial charge on any atom is -0.366 e. The van der Waals surface area contributed by atoms with Crippen LogP contribution in [0.15, 0.2) is 35.5 Å². The molecular weight excluding hydrogens is 292 g/mol. The van der Waals surface area contributed by atoms with Gasteiger partial charge in [-0.3, -0.25) is 14.6 Å². The summed E-state index contributed by atoms with van der Waals surface area (Å²) < 4.78 is 26.1. The second-order valence-electron chi connectivity index (χ2n) is 3.59. The molecular formula is C10H9ClN4O3S. The molecule has 9 heteroatoms. The Morgan fingerprint density at radius 1 is 1.37 bits per heavy atom. The summed E-state index contributed by atoms with van der Waals surface area (Å²) in [5, 5.41) is 5.93. The minimum atomic E-state index is -3.79. The summed E-state index contributed by atoms with van der Waals surface area (Å²) in [6.45, 7) is 0. The molecule has 0 aliphatic carbocycles. The lowest BCUT2D eigenvalue weighted by Gasteiger charge is -2.08. The van der Waals surface area contributed by atoms with Crippen LogP contribution in [0.2, 0.25) is 5.02 Å². The van der Waals surface area contributed by atoms with Crippen molar-refractivity contribution in [3.05, 3.63) is 41.0 Å². The first-order valence-electron chi connectivity index (χ1n) is 5.02. The molecule has 0 saturated heterocycles. The van der Waals surface area contributed by atoms with Crippen LogP contribution in [0.1, 0.15) is 10.4 Å². The zero-order chi connectivity index (χ0) is 14.0. The number of carbonyl (C=O) groups is 1. The first-order chi connectivity index (χ1) is 8.90. The quantitative estimate of drug-likeness (QED) is 0.779. The van der Waals surface area contributed by atoms with Crippen molar-refractivity contribution in [2.24, 2.45) is 5.73 Å². The van der Waals surface area contributed by atoms with E-state index < -0.39 is 15.9 Å². The molecule has 0 fully saturated rings. The van der Waals surface area contributed by atoms with Crippen LogP contribution in [0.25, 0.3) is 0 Å². The van der Waals surface area contributed by atoms with Gasteiger partial charge in [-0.25, -0.2) is 0 Å². The number of halogens is 1. The van der Waals surface area contributed by atoms with E-state index in [2.05, 4.69) is 14.9 Å². The molecule has 0 saturated carbocycles. The van der Waals surface area contributed by atoms with Gasteiger partial charge in [-0.1, -0.05) is 11.6 Å². The number of rotatable bonds is 4. The Morgan fingerprint density at radius 2 is 2.11 bits per heavy atom. The number of anilines is 1. The molecule has 19 heavy (non-hydrogen) atoms. The molecule has 1 aromatic carbocycles. The van der Waals surface area contributed by atoms with Gasteiger partial charge in [-0.2, -0.15) is 13.5 Å². The van der Waals surface area contributed by atoms with Crippen molar-refractivity contribution in [3.63, 3.8) is 0 Å². The van der Waals surface area contributed by atoms with E-state index in [9.17, 15) is 13.2 Å². The summed E-state index contributed by atoms with van der Waals surface area (Å²) in [7, 11) is -3.79. The minimum absolute atomic E-state index is 0.0338. The topological polar surface area (TPSA) is 118 Å². The fourth-order valence-electron chi connectivity index (χ4n) is 1.38. The number of aromatic amines is 1. The number of hydrogen-bond donors (Lipinski definition) is 3. The van der Waals surface area contributed by atoms with Crippen molar-refractivity contribution in [3.8, 4) is 0 Å². The van der Waals surface area contributed by atoms with Crippen LogP contribution >= 0.6 is 11.6 Å². The molecule has 2 rings (SSSR count). The molecule has 0 unspecified atom stereocenters. The normalized spacial score (nSPS) is 11.2. The maximum Gasteiger partial charge on any atom is 0.278 e. The van der Waals surface area contributed by atoms with Gasteiger partial charge < -0.3 is 5.73 Å². The second kappa shape index (κ2) is 4.90. The maximum absolute atomic E-state index is 11.9. The highest BCUT2D eigenvalue weighted by molar-refractivity contribution is 7.92. The van der Waals surface area contributed by atoms with E-state index in [1.807, 2.05) is 0 Å². The summed E-state index contributed by atoms with van der Waals surface area (Å²) >= 11 is 5.77. The van der Waals surface area contributed by atoms with Crippen molar-refractivity contribution < 1.29 is 13.2 Å². The van der Waals surface area contributed by atoms with Crippen molar-refractivity contribution >= 4 is 33.2 Å². The van der Waals surface area contributed by atoms with Crippen LogP contribution in [0.3, 0.4) is 0 Å². The predicted octanol–water partition coefficient (Wildman–Crippen LogP) is 0.963. The molecule has 1 aromatic heterocycles. The third kappa shape index (κ3) is 2.85. The lowest BCUT2D eigenvalue weighted by Crippen LogP contribution is -2.15. The monoisotopic (exact) mass is 300 g/mol. The molecule has 0 bridgehead atoms. The highest BCUT2D eigenvalue weighted by atomic mass is 35.5. The van der Waals surface area contributed by atoms with Crippen LogP contribution in [0.5, 0.6) is 0 Å². The largest absolute Gasteiger partial charge is 0.366 e. The summed E-state index contributed by atoms with van der Waals surface area (Å²) in [5.74, 6) is -0.743. The summed E-state index contributed by atoms with van der Waals surface area (Å²) in [6, 6.07) is 5.36. The summed E-state index contributed by atoms with van der Waals surface area (Å²) in [6.07, 6.45) is 1.31. The van der Waals surface area contributed by atoms with Gasteiger partial charge >= 0.3 is 0 Å². The van der Waals surface area contributed by atoms with E-state index in [0.29, 0.717) is 0 Å². The molecule has 0 spiro atoms. The van der Waals surface area contributed by atoms with Gasteiger partial charge in [0, 0.05) is 5.69 Å². The number of nitrogens with one attached hydrogen (secondary N) is 2. The first kappa shape index (κ1) is 13.4. The molecule has 1 heterocycles. The average molecular weight is 301 g/mol. The van der Waals surface area contributed by atoms with Gasteiger partial charge in [0.25, 0.3) is 10.0 Å². The average Bonchev–Trinajstić information content (AvgIpc) is 2.85. The number of primary amides is 1. The van der Waals surface area contributed by atoms with Gasteiger partial charge in [0.05, 0.1) is 16.8 Å². The van der Waals surface area contributed by atoms with Crippen molar-refractivity contribution in [2.75, 3.05) is 4.72 Å². The number of sulfonamides is 1. The number of hydrogen-bond acceptors (Lipinski definition) is 4. The number of aromatic nitrogens is 2. The lowest BCUT2D eigenvalue weighted by molar-refractivity contribution is 0.100. The third-order valence-electron chi connectivity index (χ3n) is 2.25. The van der Waals surface area contributed by atoms with Gasteiger partial charge in [-0.15, -0.1) is 0 Å². The fraction of sp³-hybridized carbons (Fsp3) is 0. The first-order valence-corrected chi connectivity index (χ1v) is 6.88. The van der Waals surface area contributed by atoms with E-state index in [4.69, 9.17) is 17.3 Å². The summed E-state index contributed by atoms with van der Waals surface area (Å²) in [4.78, 5) is 11.1. The lowest BCUT2D eigenvalue weighted by atomic mass is 10.2. The second-order valence-corrected chi connectivity index (χ2v) is 5.64. The SMILES string of the molecule is NC(=O)c1cc(NS(=O)(=O)c2ccn[nH]2)ccc1Cl. The number of nitrogens with two attached hydrogens (primary N) is 1. The standard InChI is InChI=1S/C10H9ClN4O3S/c11-8-2-1-6(5-7(8)10(12)16)15-19(17,18)9-3-4-13-14-9/h1-5,15H,(H2,12,16)(H,13,14). The van der Waals surface area contributed by atoms with Crippen LogP contribution in [0, 0.1) is 0 Å². The fourth-order valence-corrected chi connectivity index (χ4v) is 2.55. The van der Waals surface area contributed by atoms with Gasteiger partial charge in [-0.05, 0) is 24.3 Å². The van der Waals surface area contributed by atoms with Crippen molar-refractivity contribution in [1.82, 2.24) is 10.2 Å². The van der Waals surface area contributed by atoms with Crippen molar-refractivity contribution in [2.45, 2.75) is 5.03 Å². The Kier molecular flexibility index (Phi) is 3.45. The predicted molar refractivity (Wildman–Crippen MR) is 69.4 cm³/mol. The van der Waals surface area contributed by atoms with E-state index in [1.165, 1.54) is 30.5 Å². The van der Waals surface area contributed by atoms with Crippen LogP contribution < -0.4 is 10.5 Å². The highest BCUT2D eigenvalue weighted by Crippen LogP contribution is 2.22. The Hall–Kier alpha value is -2.06. The Balaban J connectivity index is 2.35. The van der Waals surface area contributed by atoms with Crippen LogP contribution in [0.4, 0.5) is 5.69 Å². The highest BCUT2D eigenvalue weighted by Gasteiger charge is 2.16. The smallest absolute Gasteiger partial charge is 0.278 e. The van der Waals surface area contributed by atoms with Gasteiger partial charge in [0.1, 0.15) is 0 Å². The zero-order valence-corrected chi connectivity index (χ0v) is 11.0. The van der Waals surface area contributed by atoms with Gasteiger partial charge in [0.2, 0.25) is 5.91 Å². The zero-order valence-electron chi connectivity index (χ0n) is 9.42. The van der Waals surface area contributed by atoms with E-state index in [-0.39, 0.29) is 21.3 Å². The Morgan fingerprint density at radius 3 is 2.68 bits per heavy atom. The molecule has 0 atom stereocenters. The molecule has 100 valence electrons. The molecule has 0 radical (unpaired) electrons. The Labute approximate surface area is 113 Å². The molecule has 7 nitrogen and oxygen atoms in total.